The van der Waals surface area contributed by atoms with Crippen LogP contribution in [0.25, 0.3) is 83.6 Å². The van der Waals surface area contributed by atoms with Gasteiger partial charge in [-0.1, -0.05) is 131 Å². The number of sulfonamides is 2. The van der Waals surface area contributed by atoms with Gasteiger partial charge in [-0.3, -0.25) is 47.8 Å². The fourth-order valence-electron chi connectivity index (χ4n) is 17.2. The number of aryl methyl sites for hydroxylation is 17. The minimum Gasteiger partial charge on any atom is -0.338 e. The molecule has 0 aliphatic carbocycles. The summed E-state index contributed by atoms with van der Waals surface area (Å²) in [5.41, 5.74) is 38.2. The van der Waals surface area contributed by atoms with Gasteiger partial charge in [-0.2, -0.15) is 0 Å². The Balaban J connectivity index is 0.000000151. The molecule has 17 aromatic rings. The van der Waals surface area contributed by atoms with Gasteiger partial charge in [0.1, 0.15) is 56.7 Å². The second kappa shape index (κ2) is 44.0. The molecule has 8 N–H and O–H groups in total. The highest BCUT2D eigenvalue weighted by Crippen LogP contribution is 2.32. The van der Waals surface area contributed by atoms with E-state index in [4.69, 9.17) is 30.7 Å². The predicted octanol–water partition coefficient (Wildman–Crippen LogP) is 18.0. The van der Waals surface area contributed by atoms with Crippen molar-refractivity contribution >= 4 is 93.3 Å². The van der Waals surface area contributed by atoms with Crippen molar-refractivity contribution in [2.24, 2.45) is 5.73 Å². The first-order chi connectivity index (χ1) is 66.2. The molecule has 0 fully saturated rings. The Morgan fingerprint density at radius 3 is 0.659 bits per heavy atom. The molecule has 714 valence electrons. The normalized spacial score (nSPS) is 11.5. The summed E-state index contributed by atoms with van der Waals surface area (Å²) >= 11 is 0. The van der Waals surface area contributed by atoms with Crippen LogP contribution in [0, 0.1) is 83.1 Å². The van der Waals surface area contributed by atoms with Crippen LogP contribution in [0.4, 0.5) is 14.4 Å². The van der Waals surface area contributed by atoms with E-state index in [9.17, 15) is 31.2 Å². The number of nitrogens with two attached hydrogens (primary N) is 1. The smallest absolute Gasteiger partial charge is 0.328 e. The lowest BCUT2D eigenvalue weighted by atomic mass is 10.1. The first kappa shape index (κ1) is 99.3. The molecule has 7 aromatic carbocycles. The Morgan fingerprint density at radius 1 is 0.268 bits per heavy atom. The molecule has 0 aliphatic rings. The maximum absolute atomic E-state index is 12.5. The van der Waals surface area contributed by atoms with Crippen molar-refractivity contribution in [1.29, 1.82) is 0 Å². The number of urea groups is 3. The summed E-state index contributed by atoms with van der Waals surface area (Å²) in [4.78, 5) is 83.7. The number of amides is 6. The van der Waals surface area contributed by atoms with Gasteiger partial charge in [0.2, 0.25) is 0 Å². The maximum Gasteiger partial charge on any atom is 0.328 e. The van der Waals surface area contributed by atoms with Gasteiger partial charge < -0.3 is 27.0 Å². The van der Waals surface area contributed by atoms with E-state index in [1.165, 1.54) is 41.0 Å². The molecule has 0 bridgehead atoms. The molecule has 0 radical (unpaired) electrons. The van der Waals surface area contributed by atoms with Gasteiger partial charge in [-0.25, -0.2) is 65.6 Å². The van der Waals surface area contributed by atoms with E-state index in [-0.39, 0.29) is 15.8 Å². The van der Waals surface area contributed by atoms with E-state index in [1.54, 1.807) is 24.3 Å². The third kappa shape index (κ3) is 23.3. The molecule has 29 nitrogen and oxygen atoms in total. The highest BCUT2D eigenvalue weighted by molar-refractivity contribution is 7.90. The average Bonchev–Trinajstić information content (AvgIpc) is 1.64. The number of imidazole rings is 5. The maximum atomic E-state index is 12.5. The number of rotatable bonds is 28. The second-order valence-electron chi connectivity index (χ2n) is 34.6. The van der Waals surface area contributed by atoms with Crippen LogP contribution in [-0.2, 0) is 84.3 Å². The van der Waals surface area contributed by atoms with E-state index in [0.717, 1.165) is 243 Å². The van der Waals surface area contributed by atoms with Crippen LogP contribution in [0.1, 0.15) is 160 Å². The number of hydrogen-bond acceptors (Lipinski definition) is 18. The van der Waals surface area contributed by atoms with Crippen LogP contribution in [0.3, 0.4) is 0 Å². The van der Waals surface area contributed by atoms with Crippen molar-refractivity contribution in [2.75, 3.05) is 32.7 Å². The number of aromatic nitrogens is 15. The molecule has 0 saturated carbocycles. The molecule has 17 rings (SSSR count). The van der Waals surface area contributed by atoms with E-state index in [0.29, 0.717) is 45.6 Å². The zero-order chi connectivity index (χ0) is 98.4. The number of carbonyl (C=O) groups is 3. The van der Waals surface area contributed by atoms with Crippen molar-refractivity contribution in [3.8, 4) is 28.4 Å². The lowest BCUT2D eigenvalue weighted by Crippen LogP contribution is -2.40. The van der Waals surface area contributed by atoms with Gasteiger partial charge in [0.15, 0.2) is 0 Å². The van der Waals surface area contributed by atoms with Gasteiger partial charge in [-0.05, 0) is 265 Å². The molecule has 10 heterocycles. The summed E-state index contributed by atoms with van der Waals surface area (Å²) in [7, 11) is -7.82. The van der Waals surface area contributed by atoms with Crippen molar-refractivity contribution in [1.82, 2.24) is 103 Å². The Hall–Kier alpha value is -14.7. The van der Waals surface area contributed by atoms with Gasteiger partial charge in [0.25, 0.3) is 20.0 Å². The lowest BCUT2D eigenvalue weighted by Gasteiger charge is -2.11. The topological polar surface area (TPSA) is 371 Å². The fraction of sp³-hybridized carbons (Fsp3) is 0.299. The molecule has 0 saturated heterocycles. The minimum absolute atomic E-state index is 0.0495. The second-order valence-corrected chi connectivity index (χ2v) is 37.9. The Bertz CT molecular complexity index is 7140. The highest BCUT2D eigenvalue weighted by atomic mass is 32.2. The van der Waals surface area contributed by atoms with Gasteiger partial charge >= 0.3 is 18.1 Å². The van der Waals surface area contributed by atoms with Crippen LogP contribution in [0.5, 0.6) is 0 Å². The number of nitrogens with zero attached hydrogens (tertiary/aromatic N) is 15. The minimum atomic E-state index is -3.91. The molecule has 10 aromatic heterocycles. The molecule has 0 spiro atoms. The number of carbonyl (C=O) groups excluding carboxylic acids is 3. The summed E-state index contributed by atoms with van der Waals surface area (Å²) in [6, 6.07) is 63.1. The molecule has 138 heavy (non-hydrogen) atoms. The van der Waals surface area contributed by atoms with E-state index < -0.39 is 32.1 Å². The molecular weight excluding hydrogens is 1770 g/mol. The Morgan fingerprint density at radius 2 is 0.464 bits per heavy atom. The van der Waals surface area contributed by atoms with E-state index in [2.05, 4.69) is 216 Å². The number of pyridine rings is 5. The molecule has 31 heteroatoms. The van der Waals surface area contributed by atoms with E-state index >= 15 is 0 Å². The van der Waals surface area contributed by atoms with Crippen LogP contribution in [0.2, 0.25) is 0 Å². The molecular formula is C107H122N22O7S2. The summed E-state index contributed by atoms with van der Waals surface area (Å²) < 4.78 is 64.5. The lowest BCUT2D eigenvalue weighted by molar-refractivity contribution is 0.241. The molecule has 0 atom stereocenters. The summed E-state index contributed by atoms with van der Waals surface area (Å²) in [5, 5.41) is 11.2. The number of hydrogen-bond donors (Lipinski definition) is 7. The monoisotopic (exact) mass is 1890 g/mol. The third-order valence-electron chi connectivity index (χ3n) is 24.0. The zero-order valence-corrected chi connectivity index (χ0v) is 83.3. The first-order valence-corrected chi connectivity index (χ1v) is 49.9. The average molecular weight is 1890 g/mol. The van der Waals surface area contributed by atoms with Crippen molar-refractivity contribution < 1.29 is 31.2 Å². The number of fused-ring (bicyclic) bond motifs is 5. The largest absolute Gasteiger partial charge is 0.338 e. The highest BCUT2D eigenvalue weighted by Gasteiger charge is 2.24. The predicted molar refractivity (Wildman–Crippen MR) is 547 cm³/mol. The van der Waals surface area contributed by atoms with Crippen molar-refractivity contribution in [3.63, 3.8) is 0 Å². The summed E-state index contributed by atoms with van der Waals surface area (Å²) in [6.07, 6.45) is 7.67. The standard InChI is InChI=1S/C37H42N8O.2C26H29N5O3S.C18H22N4/c1-7-33-42-35-25(5)40-23(3)21-31(35)44(33)29-13-9-27(10-14-29)17-19-38-37(46)39-20-18-28-11-15-30(16-12-28)45-32-22-24(4)41-26(6)36(32)43-34(45)8-2;2*1-5-24-29-25-19(4)28-18(3)16-23(25)31(24)21-10-8-20(9-11-21)14-15-27-26(32)30-35(33,34)22-12-6-17(2)7-13-22;1-4-17-21-18-13(3)20-12(2)11-16(18)22(17)15-7-5-14(6-8-15)9-10-19/h9-16,21-22H,7-8,17-20H2,1-6H3,(H2,38,39,46);2*6-13,16H,5,14-15H2,1-4H3,(H2,27,30,32);5-8,11H,4,9-10,19H2,1-3H3. The van der Waals surface area contributed by atoms with Crippen LogP contribution < -0.4 is 36.4 Å². The summed E-state index contributed by atoms with van der Waals surface area (Å²) in [6.45, 7) is 36.7. The van der Waals surface area contributed by atoms with Crippen LogP contribution in [0.15, 0.2) is 210 Å². The molecule has 6 amide bonds. The quantitative estimate of drug-likeness (QED) is 0.0239. The number of benzene rings is 7. The SMILES string of the molecule is CCc1nc2c(C)nc(C)cc2n1-c1ccc(CCN)cc1.CCc1nc2c(C)nc(C)cc2n1-c1ccc(CCNC(=O)NCCc2ccc(-n3c(CC)nc4c(C)nc(C)cc43)cc2)cc1.CCc1nc2c(C)nc(C)cc2n1-c1ccc(CCNC(=O)NS(=O)(=O)c2ccc(C)cc2)cc1.CCc1nc2c(C)nc(C)cc2n1-c1ccc(CCNC(=O)NS(=O)(=O)c2ccc(C)cc2)cc1. The Labute approximate surface area is 806 Å². The molecule has 0 unspecified atom stereocenters. The molecule has 0 aliphatic heterocycles. The van der Waals surface area contributed by atoms with Crippen molar-refractivity contribution in [3.05, 3.63) is 325 Å². The van der Waals surface area contributed by atoms with E-state index in [1.807, 2.05) is 132 Å². The zero-order valence-electron chi connectivity index (χ0n) is 81.6. The first-order valence-electron chi connectivity index (χ1n) is 47.0. The van der Waals surface area contributed by atoms with Crippen LogP contribution in [-0.4, -0.2) is 140 Å². The number of nitrogens with one attached hydrogen (secondary N) is 6. The Kier molecular flexibility index (Phi) is 31.6. The van der Waals surface area contributed by atoms with Crippen LogP contribution >= 0.6 is 0 Å². The fourth-order valence-corrected chi connectivity index (χ4v) is 19.1. The van der Waals surface area contributed by atoms with Gasteiger partial charge in [0.05, 0.1) is 65.8 Å². The van der Waals surface area contributed by atoms with Crippen molar-refractivity contribution in [2.45, 2.75) is 192 Å². The van der Waals surface area contributed by atoms with Gasteiger partial charge in [0, 0.05) is 115 Å². The summed E-state index contributed by atoms with van der Waals surface area (Å²) in [5.74, 6) is 5.05. The van der Waals surface area contributed by atoms with Gasteiger partial charge in [-0.15, -0.1) is 0 Å². The third-order valence-corrected chi connectivity index (χ3v) is 26.7.